The maximum Gasteiger partial charge on any atom is 0.251 e. The topological polar surface area (TPSA) is 81.9 Å². The van der Waals surface area contributed by atoms with Gasteiger partial charge in [0.2, 0.25) is 0 Å². The van der Waals surface area contributed by atoms with Crippen molar-refractivity contribution in [3.63, 3.8) is 0 Å². The quantitative estimate of drug-likeness (QED) is 0.931. The van der Waals surface area contributed by atoms with Crippen molar-refractivity contribution in [2.24, 2.45) is 0 Å². The van der Waals surface area contributed by atoms with Crippen molar-refractivity contribution in [1.82, 2.24) is 25.5 Å². The number of hydrogen-bond donors (Lipinski definition) is 1. The third-order valence-corrected chi connectivity index (χ3v) is 5.05. The molecule has 4 rings (SSSR count). The molecule has 1 aliphatic heterocycles. The van der Waals surface area contributed by atoms with E-state index < -0.39 is 0 Å². The Hall–Kier alpha value is -2.28. The van der Waals surface area contributed by atoms with E-state index in [0.717, 1.165) is 24.9 Å². The van der Waals surface area contributed by atoms with Gasteiger partial charge >= 0.3 is 0 Å². The van der Waals surface area contributed by atoms with Crippen molar-refractivity contribution in [2.75, 3.05) is 6.61 Å². The van der Waals surface area contributed by atoms with Gasteiger partial charge in [-0.1, -0.05) is 19.3 Å². The van der Waals surface area contributed by atoms with Gasteiger partial charge in [-0.25, -0.2) is 4.68 Å². The molecule has 2 fully saturated rings. The van der Waals surface area contributed by atoms with Crippen LogP contribution in [0.3, 0.4) is 0 Å². The monoisotopic (exact) mass is 327 g/mol. The number of nitrogens with zero attached hydrogens (tertiary/aromatic N) is 4. The SMILES string of the molecule is O=C(N[C@@H]1COC2(CCCCC2)C1)c1ccc(-n2cnnn2)cc1. The Balaban J connectivity index is 1.38. The highest BCUT2D eigenvalue weighted by atomic mass is 16.5. The first kappa shape index (κ1) is 15.3. The molecular formula is C17H21N5O2. The number of nitrogens with one attached hydrogen (secondary N) is 1. The van der Waals surface area contributed by atoms with Gasteiger partial charge in [0, 0.05) is 5.56 Å². The Bertz CT molecular complexity index is 692. The Kier molecular flexibility index (Phi) is 4.02. The fourth-order valence-corrected chi connectivity index (χ4v) is 3.80. The Morgan fingerprint density at radius 1 is 1.21 bits per heavy atom. The molecule has 1 spiro atoms. The largest absolute Gasteiger partial charge is 0.373 e. The maximum absolute atomic E-state index is 12.5. The molecule has 7 nitrogen and oxygen atoms in total. The van der Waals surface area contributed by atoms with E-state index in [4.69, 9.17) is 4.74 Å². The average molecular weight is 327 g/mol. The first-order valence-corrected chi connectivity index (χ1v) is 8.52. The number of rotatable bonds is 3. The molecule has 1 atom stereocenters. The zero-order valence-electron chi connectivity index (χ0n) is 13.5. The third kappa shape index (κ3) is 3.03. The minimum Gasteiger partial charge on any atom is -0.373 e. The molecule has 0 radical (unpaired) electrons. The molecule has 126 valence electrons. The number of tetrazole rings is 1. The van der Waals surface area contributed by atoms with Crippen molar-refractivity contribution >= 4 is 5.91 Å². The highest BCUT2D eigenvalue weighted by Crippen LogP contribution is 2.39. The van der Waals surface area contributed by atoms with Gasteiger partial charge < -0.3 is 10.1 Å². The zero-order valence-corrected chi connectivity index (χ0v) is 13.5. The predicted octanol–water partition coefficient (Wildman–Crippen LogP) is 1.88. The van der Waals surface area contributed by atoms with Gasteiger partial charge in [0.05, 0.1) is 23.9 Å². The molecule has 2 aliphatic rings. The standard InChI is InChI=1S/C17H21N5O2/c23-16(13-4-6-15(7-5-13)22-12-18-20-21-22)19-14-10-17(24-11-14)8-2-1-3-9-17/h4-7,12,14H,1-3,8-11H2,(H,19,23)/t14-/m0/s1. The van der Waals surface area contributed by atoms with Gasteiger partial charge in [-0.2, -0.15) is 0 Å². The molecule has 1 aromatic carbocycles. The van der Waals surface area contributed by atoms with Gasteiger partial charge in [-0.05, 0) is 54.0 Å². The maximum atomic E-state index is 12.5. The second-order valence-electron chi connectivity index (χ2n) is 6.73. The third-order valence-electron chi connectivity index (χ3n) is 5.05. The summed E-state index contributed by atoms with van der Waals surface area (Å²) in [5.41, 5.74) is 1.47. The fourth-order valence-electron chi connectivity index (χ4n) is 3.80. The number of hydrogen-bond acceptors (Lipinski definition) is 5. The molecule has 1 aliphatic carbocycles. The molecule has 2 heterocycles. The number of amides is 1. The summed E-state index contributed by atoms with van der Waals surface area (Å²) in [5.74, 6) is -0.0558. The Morgan fingerprint density at radius 2 is 2.00 bits per heavy atom. The van der Waals surface area contributed by atoms with E-state index in [1.165, 1.54) is 25.6 Å². The molecule has 0 unspecified atom stereocenters. The van der Waals surface area contributed by atoms with Crippen LogP contribution in [-0.4, -0.2) is 44.4 Å². The van der Waals surface area contributed by atoms with Crippen LogP contribution < -0.4 is 5.32 Å². The van der Waals surface area contributed by atoms with Gasteiger partial charge in [-0.15, -0.1) is 5.10 Å². The summed E-state index contributed by atoms with van der Waals surface area (Å²) < 4.78 is 7.61. The molecule has 1 saturated heterocycles. The van der Waals surface area contributed by atoms with Crippen molar-refractivity contribution in [1.29, 1.82) is 0 Å². The lowest BCUT2D eigenvalue weighted by Gasteiger charge is -2.32. The van der Waals surface area contributed by atoms with Crippen molar-refractivity contribution in [2.45, 2.75) is 50.2 Å². The van der Waals surface area contributed by atoms with Crippen LogP contribution in [0.1, 0.15) is 48.9 Å². The van der Waals surface area contributed by atoms with Gasteiger partial charge in [0.25, 0.3) is 5.91 Å². The number of carbonyl (C=O) groups is 1. The first-order chi connectivity index (χ1) is 11.7. The highest BCUT2D eigenvalue weighted by Gasteiger charge is 2.41. The average Bonchev–Trinajstić information content (AvgIpc) is 3.27. The molecule has 24 heavy (non-hydrogen) atoms. The molecule has 0 bridgehead atoms. The minimum absolute atomic E-state index is 0.0140. The van der Waals surface area contributed by atoms with Gasteiger partial charge in [0.1, 0.15) is 6.33 Å². The lowest BCUT2D eigenvalue weighted by atomic mass is 9.82. The van der Waals surface area contributed by atoms with Gasteiger partial charge in [0.15, 0.2) is 0 Å². The van der Waals surface area contributed by atoms with Crippen LogP contribution in [-0.2, 0) is 4.74 Å². The summed E-state index contributed by atoms with van der Waals surface area (Å²) in [4.78, 5) is 12.5. The summed E-state index contributed by atoms with van der Waals surface area (Å²) in [6.07, 6.45) is 8.48. The number of aromatic nitrogens is 4. The number of carbonyl (C=O) groups excluding carboxylic acids is 1. The van der Waals surface area contributed by atoms with Crippen molar-refractivity contribution in [3.8, 4) is 5.69 Å². The van der Waals surface area contributed by atoms with E-state index in [2.05, 4.69) is 20.8 Å². The Labute approximate surface area is 140 Å². The highest BCUT2D eigenvalue weighted by molar-refractivity contribution is 5.94. The van der Waals surface area contributed by atoms with E-state index in [-0.39, 0.29) is 17.6 Å². The van der Waals surface area contributed by atoms with Crippen LogP contribution in [0.4, 0.5) is 0 Å². The van der Waals surface area contributed by atoms with Crippen LogP contribution in [0.2, 0.25) is 0 Å². The second kappa shape index (κ2) is 6.32. The van der Waals surface area contributed by atoms with Crippen LogP contribution in [0.25, 0.3) is 5.69 Å². The first-order valence-electron chi connectivity index (χ1n) is 8.52. The molecule has 7 heteroatoms. The summed E-state index contributed by atoms with van der Waals surface area (Å²) in [6.45, 7) is 0.619. The lowest BCUT2D eigenvalue weighted by Crippen LogP contribution is -2.37. The summed E-state index contributed by atoms with van der Waals surface area (Å²) >= 11 is 0. The summed E-state index contributed by atoms with van der Waals surface area (Å²) in [6, 6.07) is 7.35. The second-order valence-corrected chi connectivity index (χ2v) is 6.73. The smallest absolute Gasteiger partial charge is 0.251 e. The summed E-state index contributed by atoms with van der Waals surface area (Å²) in [5, 5.41) is 14.2. The molecule has 1 aromatic heterocycles. The fraction of sp³-hybridized carbons (Fsp3) is 0.529. The van der Waals surface area contributed by atoms with Crippen LogP contribution in [0, 0.1) is 0 Å². The summed E-state index contributed by atoms with van der Waals surface area (Å²) in [7, 11) is 0. The molecule has 2 aromatic rings. The normalized spacial score (nSPS) is 22.6. The van der Waals surface area contributed by atoms with E-state index in [9.17, 15) is 4.79 Å². The predicted molar refractivity (Wildman–Crippen MR) is 86.8 cm³/mol. The van der Waals surface area contributed by atoms with Crippen molar-refractivity contribution < 1.29 is 9.53 Å². The van der Waals surface area contributed by atoms with Crippen LogP contribution >= 0.6 is 0 Å². The van der Waals surface area contributed by atoms with E-state index in [0.29, 0.717) is 12.2 Å². The van der Waals surface area contributed by atoms with Crippen LogP contribution in [0.15, 0.2) is 30.6 Å². The number of benzene rings is 1. The van der Waals surface area contributed by atoms with Gasteiger partial charge in [-0.3, -0.25) is 4.79 Å². The molecule has 1 amide bonds. The van der Waals surface area contributed by atoms with E-state index in [1.54, 1.807) is 16.8 Å². The molecule has 1 N–H and O–H groups in total. The minimum atomic E-state index is -0.0558. The van der Waals surface area contributed by atoms with Crippen LogP contribution in [0.5, 0.6) is 0 Å². The van der Waals surface area contributed by atoms with Crippen molar-refractivity contribution in [3.05, 3.63) is 36.2 Å². The van der Waals surface area contributed by atoms with E-state index >= 15 is 0 Å². The molecule has 1 saturated carbocycles. The lowest BCUT2D eigenvalue weighted by molar-refractivity contribution is -0.0246. The molecular weight excluding hydrogens is 306 g/mol. The van der Waals surface area contributed by atoms with E-state index in [1.807, 2.05) is 12.1 Å². The Morgan fingerprint density at radius 3 is 2.71 bits per heavy atom. The zero-order chi connectivity index (χ0) is 16.4. The number of ether oxygens (including phenoxy) is 1.